The van der Waals surface area contributed by atoms with E-state index in [2.05, 4.69) is 25.1 Å². The van der Waals surface area contributed by atoms with Gasteiger partial charge in [0.1, 0.15) is 11.9 Å². The van der Waals surface area contributed by atoms with Crippen LogP contribution in [0.3, 0.4) is 0 Å². The first kappa shape index (κ1) is 26.2. The smallest absolute Gasteiger partial charge is 0.218 e. The molecule has 0 amide bonds. The van der Waals surface area contributed by atoms with Gasteiger partial charge in [-0.2, -0.15) is 15.8 Å². The summed E-state index contributed by atoms with van der Waals surface area (Å²) >= 11 is 0. The SMILES string of the molecule is CCCCCCCCOc1ccc(C2OC3(C)OC(=N)C(C#N)(C3c3ccccc3)C2(C#N)C#N)cc1. The Balaban J connectivity index is 1.63. The zero-order chi connectivity index (χ0) is 26.5. The zero-order valence-corrected chi connectivity index (χ0v) is 21.4. The first-order chi connectivity index (χ1) is 17.9. The molecule has 0 saturated carbocycles. The van der Waals surface area contributed by atoms with Gasteiger partial charge in [-0.25, -0.2) is 0 Å². The van der Waals surface area contributed by atoms with Gasteiger partial charge < -0.3 is 14.2 Å². The van der Waals surface area contributed by atoms with Crippen LogP contribution in [0.5, 0.6) is 5.75 Å². The highest BCUT2D eigenvalue weighted by Gasteiger charge is 2.79. The van der Waals surface area contributed by atoms with Crippen molar-refractivity contribution in [3.05, 3.63) is 65.7 Å². The molecular formula is C30H32N4O3. The molecule has 190 valence electrons. The predicted molar refractivity (Wildman–Crippen MR) is 137 cm³/mol. The van der Waals surface area contributed by atoms with Crippen LogP contribution in [0.4, 0.5) is 0 Å². The van der Waals surface area contributed by atoms with Gasteiger partial charge in [0.25, 0.3) is 0 Å². The molecule has 2 fully saturated rings. The number of benzene rings is 2. The fraction of sp³-hybridized carbons (Fsp3) is 0.467. The van der Waals surface area contributed by atoms with Crippen LogP contribution in [0.1, 0.15) is 75.5 Å². The van der Waals surface area contributed by atoms with Crippen LogP contribution in [-0.2, 0) is 9.47 Å². The highest BCUT2D eigenvalue weighted by molar-refractivity contribution is 5.90. The summed E-state index contributed by atoms with van der Waals surface area (Å²) in [5.74, 6) is -1.99. The van der Waals surface area contributed by atoms with Crippen molar-refractivity contribution in [3.63, 3.8) is 0 Å². The molecule has 2 aromatic rings. The number of nitriles is 3. The lowest BCUT2D eigenvalue weighted by Crippen LogP contribution is -2.57. The molecule has 4 atom stereocenters. The molecule has 4 unspecified atom stereocenters. The number of hydrogen-bond donors (Lipinski definition) is 1. The Morgan fingerprint density at radius 2 is 1.51 bits per heavy atom. The van der Waals surface area contributed by atoms with Crippen LogP contribution in [0.15, 0.2) is 54.6 Å². The molecule has 7 nitrogen and oxygen atoms in total. The summed E-state index contributed by atoms with van der Waals surface area (Å²) in [6.07, 6.45) is 5.95. The zero-order valence-electron chi connectivity index (χ0n) is 21.4. The van der Waals surface area contributed by atoms with Crippen LogP contribution in [-0.4, -0.2) is 18.3 Å². The topological polar surface area (TPSA) is 123 Å². The van der Waals surface area contributed by atoms with E-state index in [4.69, 9.17) is 19.6 Å². The molecule has 0 spiro atoms. The molecule has 0 aliphatic carbocycles. The minimum atomic E-state index is -2.02. The quantitative estimate of drug-likeness (QED) is 0.372. The Labute approximate surface area is 218 Å². The van der Waals surface area contributed by atoms with Gasteiger partial charge in [0.15, 0.2) is 5.41 Å². The highest BCUT2D eigenvalue weighted by Crippen LogP contribution is 2.69. The van der Waals surface area contributed by atoms with Crippen molar-refractivity contribution < 1.29 is 14.2 Å². The van der Waals surface area contributed by atoms with Crippen LogP contribution in [0.25, 0.3) is 0 Å². The highest BCUT2D eigenvalue weighted by atomic mass is 16.7. The maximum absolute atomic E-state index is 10.5. The Hall–Kier alpha value is -3.86. The second-order valence-electron chi connectivity index (χ2n) is 9.93. The minimum absolute atomic E-state index is 0.421. The number of rotatable bonds is 10. The Morgan fingerprint density at radius 1 is 0.865 bits per heavy atom. The second kappa shape index (κ2) is 10.6. The third-order valence-electron chi connectivity index (χ3n) is 7.60. The fourth-order valence-electron chi connectivity index (χ4n) is 5.74. The molecule has 37 heavy (non-hydrogen) atoms. The largest absolute Gasteiger partial charge is 0.494 e. The number of unbranched alkanes of at least 4 members (excludes halogenated alkanes) is 5. The molecule has 2 aromatic carbocycles. The van der Waals surface area contributed by atoms with Crippen LogP contribution in [0, 0.1) is 50.2 Å². The lowest BCUT2D eigenvalue weighted by Gasteiger charge is -2.48. The van der Waals surface area contributed by atoms with E-state index in [0.29, 0.717) is 23.5 Å². The van der Waals surface area contributed by atoms with Gasteiger partial charge in [-0.05, 0) is 29.7 Å². The van der Waals surface area contributed by atoms with Crippen molar-refractivity contribution >= 4 is 5.90 Å². The average molecular weight is 497 g/mol. The van der Waals surface area contributed by atoms with Gasteiger partial charge >= 0.3 is 0 Å². The van der Waals surface area contributed by atoms with Gasteiger partial charge in [-0.15, -0.1) is 0 Å². The standard InChI is InChI=1S/C30H32N4O3/c1-3-4-5-6-7-11-18-35-24-16-14-23(15-17-24)26-29(19-31,20-32)30(21-33)25(22-12-9-8-10-13-22)28(2,36-26)37-27(30)34/h8-10,12-17,25-26,34H,3-7,11,18H2,1-2H3. The number of hydrogen-bond acceptors (Lipinski definition) is 7. The van der Waals surface area contributed by atoms with E-state index in [0.717, 1.165) is 12.8 Å². The summed E-state index contributed by atoms with van der Waals surface area (Å²) in [7, 11) is 0. The Bertz CT molecular complexity index is 1230. The van der Waals surface area contributed by atoms with E-state index in [9.17, 15) is 15.8 Å². The third-order valence-corrected chi connectivity index (χ3v) is 7.60. The normalized spacial score (nSPS) is 27.4. The molecule has 2 bridgehead atoms. The number of ether oxygens (including phenoxy) is 3. The Morgan fingerprint density at radius 3 is 2.14 bits per heavy atom. The Kier molecular flexibility index (Phi) is 7.53. The number of nitrogens with one attached hydrogen (secondary N) is 1. The summed E-state index contributed by atoms with van der Waals surface area (Å²) in [6, 6.07) is 22.5. The molecule has 2 aliphatic rings. The third kappa shape index (κ3) is 4.22. The molecule has 0 radical (unpaired) electrons. The fourth-order valence-corrected chi connectivity index (χ4v) is 5.74. The maximum Gasteiger partial charge on any atom is 0.218 e. The predicted octanol–water partition coefficient (Wildman–Crippen LogP) is 6.55. The molecule has 2 saturated heterocycles. The minimum Gasteiger partial charge on any atom is -0.494 e. The van der Waals surface area contributed by atoms with E-state index in [-0.39, 0.29) is 0 Å². The van der Waals surface area contributed by atoms with E-state index in [1.165, 1.54) is 25.7 Å². The van der Waals surface area contributed by atoms with Crippen molar-refractivity contribution in [1.82, 2.24) is 0 Å². The number of fused-ring (bicyclic) bond motifs is 2. The molecular weight excluding hydrogens is 464 g/mol. The van der Waals surface area contributed by atoms with Crippen LogP contribution >= 0.6 is 0 Å². The van der Waals surface area contributed by atoms with E-state index >= 15 is 0 Å². The summed E-state index contributed by atoms with van der Waals surface area (Å²) in [4.78, 5) is 0. The van der Waals surface area contributed by atoms with E-state index in [1.54, 1.807) is 43.3 Å². The van der Waals surface area contributed by atoms with E-state index in [1.807, 2.05) is 18.2 Å². The summed E-state index contributed by atoms with van der Waals surface area (Å²) in [5.41, 5.74) is -2.66. The molecule has 2 aliphatic heterocycles. The van der Waals surface area contributed by atoms with E-state index < -0.39 is 34.5 Å². The molecule has 7 heteroatoms. The van der Waals surface area contributed by atoms with Gasteiger partial charge in [0, 0.05) is 6.92 Å². The first-order valence-corrected chi connectivity index (χ1v) is 12.9. The molecule has 1 N–H and O–H groups in total. The first-order valence-electron chi connectivity index (χ1n) is 12.9. The summed E-state index contributed by atoms with van der Waals surface area (Å²) in [6.45, 7) is 4.49. The molecule has 2 heterocycles. The van der Waals surface area contributed by atoms with Gasteiger partial charge in [-0.3, -0.25) is 5.41 Å². The van der Waals surface area contributed by atoms with Gasteiger partial charge in [0.05, 0.1) is 30.7 Å². The van der Waals surface area contributed by atoms with Crippen molar-refractivity contribution in [2.75, 3.05) is 6.61 Å². The monoisotopic (exact) mass is 496 g/mol. The summed E-state index contributed by atoms with van der Waals surface area (Å²) in [5, 5.41) is 40.1. The second-order valence-corrected chi connectivity index (χ2v) is 9.93. The lowest BCUT2D eigenvalue weighted by atomic mass is 9.52. The lowest BCUT2D eigenvalue weighted by molar-refractivity contribution is -0.253. The van der Waals surface area contributed by atoms with Crippen LogP contribution < -0.4 is 4.74 Å². The van der Waals surface area contributed by atoms with Gasteiger partial charge in [-0.1, -0.05) is 81.5 Å². The van der Waals surface area contributed by atoms with Crippen molar-refractivity contribution in [3.8, 4) is 24.0 Å². The van der Waals surface area contributed by atoms with Gasteiger partial charge in [0.2, 0.25) is 17.1 Å². The van der Waals surface area contributed by atoms with Crippen molar-refractivity contribution in [1.29, 1.82) is 21.2 Å². The van der Waals surface area contributed by atoms with Crippen molar-refractivity contribution in [2.45, 2.75) is 70.2 Å². The van der Waals surface area contributed by atoms with Crippen molar-refractivity contribution in [2.24, 2.45) is 10.8 Å². The molecule has 0 aromatic heterocycles. The average Bonchev–Trinajstić information content (AvgIpc) is 3.11. The summed E-state index contributed by atoms with van der Waals surface area (Å²) < 4.78 is 18.2. The molecule has 4 rings (SSSR count). The maximum atomic E-state index is 10.5. The van der Waals surface area contributed by atoms with Crippen LogP contribution in [0.2, 0.25) is 0 Å². The number of nitrogens with zero attached hydrogens (tertiary/aromatic N) is 3.